The van der Waals surface area contributed by atoms with Crippen molar-refractivity contribution in [2.75, 3.05) is 26.2 Å². The van der Waals surface area contributed by atoms with E-state index in [4.69, 9.17) is 0 Å². The van der Waals surface area contributed by atoms with Crippen LogP contribution in [0.5, 0.6) is 0 Å². The highest BCUT2D eigenvalue weighted by Gasteiger charge is 2.34. The van der Waals surface area contributed by atoms with E-state index in [9.17, 15) is 22.8 Å². The minimum absolute atomic E-state index is 0.119. The molecule has 0 radical (unpaired) electrons. The summed E-state index contributed by atoms with van der Waals surface area (Å²) in [6, 6.07) is 27.1. The van der Waals surface area contributed by atoms with Crippen molar-refractivity contribution in [1.29, 1.82) is 0 Å². The number of rotatable bonds is 10. The predicted octanol–water partition coefficient (Wildman–Crippen LogP) is 9.94. The number of alkyl halides is 3. The summed E-state index contributed by atoms with van der Waals surface area (Å²) in [6.45, 7) is 15.4. The molecule has 1 atom stereocenters. The molecule has 1 aliphatic heterocycles. The summed E-state index contributed by atoms with van der Waals surface area (Å²) in [5.41, 5.74) is 2.52. The molecule has 280 valence electrons. The maximum absolute atomic E-state index is 14.3. The van der Waals surface area contributed by atoms with Crippen LogP contribution in [0.1, 0.15) is 69.4 Å². The predicted molar refractivity (Wildman–Crippen MR) is 209 cm³/mol. The van der Waals surface area contributed by atoms with Gasteiger partial charge < -0.3 is 9.80 Å². The molecule has 0 saturated carbocycles. The Morgan fingerprint density at radius 2 is 1.33 bits per heavy atom. The summed E-state index contributed by atoms with van der Waals surface area (Å²) in [7, 11) is 0. The van der Waals surface area contributed by atoms with E-state index in [0.29, 0.717) is 42.8 Å². The van der Waals surface area contributed by atoms with Gasteiger partial charge >= 0.3 is 6.18 Å². The highest BCUT2D eigenvalue weighted by atomic mass is 79.9. The highest BCUT2D eigenvalue weighted by molar-refractivity contribution is 9.10. The van der Waals surface area contributed by atoms with Crippen LogP contribution in [0.2, 0.25) is 0 Å². The largest absolute Gasteiger partial charge is 0.416 e. The van der Waals surface area contributed by atoms with Crippen LogP contribution in [-0.4, -0.2) is 63.7 Å². The number of aromatic nitrogens is 1. The molecule has 1 aliphatic rings. The first-order valence-corrected chi connectivity index (χ1v) is 18.8. The van der Waals surface area contributed by atoms with Gasteiger partial charge in [-0.05, 0) is 62.5 Å². The van der Waals surface area contributed by atoms with Gasteiger partial charge in [-0.1, -0.05) is 120 Å². The van der Waals surface area contributed by atoms with Gasteiger partial charge in [-0.2, -0.15) is 13.2 Å². The Labute approximate surface area is 316 Å². The second kappa shape index (κ2) is 23.3. The molecule has 0 N–H and O–H groups in total. The fourth-order valence-corrected chi connectivity index (χ4v) is 5.67. The van der Waals surface area contributed by atoms with Crippen molar-refractivity contribution < 1.29 is 22.8 Å². The average Bonchev–Trinajstić information content (AvgIpc) is 3.19. The summed E-state index contributed by atoms with van der Waals surface area (Å²) < 4.78 is 39.8. The summed E-state index contributed by atoms with van der Waals surface area (Å²) in [6.07, 6.45) is 0.287. The van der Waals surface area contributed by atoms with Crippen molar-refractivity contribution in [3.05, 3.63) is 142 Å². The van der Waals surface area contributed by atoms with Gasteiger partial charge in [0.15, 0.2) is 0 Å². The summed E-state index contributed by atoms with van der Waals surface area (Å²) >= 11 is 3.34. The fourth-order valence-electron chi connectivity index (χ4n) is 5.43. The van der Waals surface area contributed by atoms with E-state index in [0.717, 1.165) is 29.8 Å². The van der Waals surface area contributed by atoms with Crippen LogP contribution in [0.4, 0.5) is 13.2 Å². The van der Waals surface area contributed by atoms with Gasteiger partial charge in [-0.25, -0.2) is 4.98 Å². The lowest BCUT2D eigenvalue weighted by Gasteiger charge is -2.39. The number of halogens is 4. The highest BCUT2D eigenvalue weighted by Crippen LogP contribution is 2.29. The van der Waals surface area contributed by atoms with Gasteiger partial charge in [0.05, 0.1) is 5.56 Å². The lowest BCUT2D eigenvalue weighted by molar-refractivity contribution is -0.145. The maximum Gasteiger partial charge on any atom is 0.416 e. The molecule has 3 aromatic carbocycles. The molecular formula is C42H52BrF3N4O2. The van der Waals surface area contributed by atoms with Crippen molar-refractivity contribution in [1.82, 2.24) is 19.7 Å². The molecule has 1 saturated heterocycles. The third kappa shape index (κ3) is 14.0. The van der Waals surface area contributed by atoms with Crippen LogP contribution < -0.4 is 0 Å². The molecule has 1 fully saturated rings. The van der Waals surface area contributed by atoms with Gasteiger partial charge in [0, 0.05) is 58.0 Å². The van der Waals surface area contributed by atoms with E-state index in [1.165, 1.54) is 34.7 Å². The zero-order chi connectivity index (χ0) is 38.5. The fraction of sp³-hybridized carbons (Fsp3) is 0.357. The zero-order valence-corrected chi connectivity index (χ0v) is 32.7. The van der Waals surface area contributed by atoms with E-state index in [1.54, 1.807) is 12.3 Å². The number of carbonyl (C=O) groups excluding carboxylic acids is 2. The molecule has 4 aromatic rings. The standard InChI is InChI=1S/C36H34BrF3N4O2.3C2H6/c37-33-17-13-30(24-41-33)26-44(34(45)18-14-27-11-15-31(16-12-27)36(38,39)40)32(23-28-7-3-1-4-8-28)35(46)43-21-19-42(20-22-43)25-29-9-5-2-6-10-29;3*1-2/h1-18,24,32H,19-23,25-26H2;3*1-2H3/b18-14+;;;. The molecule has 1 aromatic heterocycles. The Morgan fingerprint density at radius 1 is 0.769 bits per heavy atom. The Balaban J connectivity index is 0.00000148. The van der Waals surface area contributed by atoms with E-state index < -0.39 is 23.7 Å². The topological polar surface area (TPSA) is 56.8 Å². The number of nitrogens with zero attached hydrogens (tertiary/aromatic N) is 4. The number of benzene rings is 3. The van der Waals surface area contributed by atoms with Gasteiger partial charge in [0.1, 0.15) is 10.6 Å². The first kappa shape index (κ1) is 43.9. The van der Waals surface area contributed by atoms with Crippen molar-refractivity contribution in [3.8, 4) is 0 Å². The van der Waals surface area contributed by atoms with E-state index >= 15 is 0 Å². The molecule has 2 amide bonds. The second-order valence-electron chi connectivity index (χ2n) is 11.2. The van der Waals surface area contributed by atoms with Crippen LogP contribution in [-0.2, 0) is 35.3 Å². The summed E-state index contributed by atoms with van der Waals surface area (Å²) in [4.78, 5) is 38.2. The third-order valence-electron chi connectivity index (χ3n) is 7.95. The maximum atomic E-state index is 14.3. The van der Waals surface area contributed by atoms with E-state index in [-0.39, 0.29) is 12.5 Å². The normalized spacial score (nSPS) is 13.4. The summed E-state index contributed by atoms with van der Waals surface area (Å²) in [5, 5.41) is 0. The number of hydrogen-bond donors (Lipinski definition) is 0. The second-order valence-corrected chi connectivity index (χ2v) is 12.0. The number of pyridine rings is 1. The van der Waals surface area contributed by atoms with Crippen LogP contribution in [0.25, 0.3) is 6.08 Å². The minimum atomic E-state index is -4.45. The van der Waals surface area contributed by atoms with Crippen LogP contribution in [0.3, 0.4) is 0 Å². The lowest BCUT2D eigenvalue weighted by Crippen LogP contribution is -2.56. The molecule has 0 spiro atoms. The third-order valence-corrected chi connectivity index (χ3v) is 8.42. The van der Waals surface area contributed by atoms with Crippen LogP contribution >= 0.6 is 15.9 Å². The molecule has 1 unspecified atom stereocenters. The zero-order valence-electron chi connectivity index (χ0n) is 31.1. The van der Waals surface area contributed by atoms with Crippen molar-refractivity contribution in [2.24, 2.45) is 0 Å². The Bertz CT molecular complexity index is 1610. The number of carbonyl (C=O) groups is 2. The monoisotopic (exact) mass is 780 g/mol. The van der Waals surface area contributed by atoms with Crippen molar-refractivity contribution >= 4 is 33.8 Å². The summed E-state index contributed by atoms with van der Waals surface area (Å²) in [5.74, 6) is -0.579. The van der Waals surface area contributed by atoms with E-state index in [2.05, 4.69) is 37.9 Å². The van der Waals surface area contributed by atoms with Crippen molar-refractivity contribution in [3.63, 3.8) is 0 Å². The molecule has 5 rings (SSSR count). The van der Waals surface area contributed by atoms with E-state index in [1.807, 2.05) is 101 Å². The van der Waals surface area contributed by atoms with Gasteiger partial charge in [0.25, 0.3) is 0 Å². The number of piperazine rings is 1. The molecule has 2 heterocycles. The Morgan fingerprint density at radius 3 is 1.85 bits per heavy atom. The Hall–Kier alpha value is -4.28. The number of amides is 2. The molecular weight excluding hydrogens is 729 g/mol. The van der Waals surface area contributed by atoms with Crippen LogP contribution in [0.15, 0.2) is 114 Å². The molecule has 0 aliphatic carbocycles. The van der Waals surface area contributed by atoms with Crippen LogP contribution in [0, 0.1) is 0 Å². The van der Waals surface area contributed by atoms with Gasteiger partial charge in [-0.15, -0.1) is 0 Å². The molecule has 0 bridgehead atoms. The lowest BCUT2D eigenvalue weighted by atomic mass is 10.0. The number of hydrogen-bond acceptors (Lipinski definition) is 4. The Kier molecular flexibility index (Phi) is 19.7. The van der Waals surface area contributed by atoms with Gasteiger partial charge in [0.2, 0.25) is 11.8 Å². The SMILES string of the molecule is CC.CC.CC.O=C(C(Cc1ccccc1)N(Cc1ccc(Br)nc1)C(=O)/C=C/c1ccc(C(F)(F)F)cc1)N1CCN(Cc2ccccc2)CC1. The smallest absolute Gasteiger partial charge is 0.338 e. The first-order chi connectivity index (χ1) is 25.2. The molecule has 6 nitrogen and oxygen atoms in total. The average molecular weight is 782 g/mol. The first-order valence-electron chi connectivity index (χ1n) is 18.0. The van der Waals surface area contributed by atoms with Gasteiger partial charge in [-0.3, -0.25) is 14.5 Å². The molecule has 52 heavy (non-hydrogen) atoms. The molecule has 10 heteroatoms. The van der Waals surface area contributed by atoms with Crippen molar-refractivity contribution in [2.45, 2.75) is 73.3 Å². The quantitative estimate of drug-likeness (QED) is 0.119. The minimum Gasteiger partial charge on any atom is -0.338 e.